The maximum absolute atomic E-state index is 12.0. The second-order valence-electron chi connectivity index (χ2n) is 5.89. The molecule has 0 fully saturated rings. The molecule has 0 aliphatic heterocycles. The van der Waals surface area contributed by atoms with E-state index in [1.165, 1.54) is 6.07 Å². The largest absolute Gasteiger partial charge is 0.461 e. The molecule has 2 heterocycles. The van der Waals surface area contributed by atoms with Crippen molar-refractivity contribution in [3.8, 4) is 0 Å². The summed E-state index contributed by atoms with van der Waals surface area (Å²) in [6.07, 6.45) is 0.656. The molecule has 5 nitrogen and oxygen atoms in total. The van der Waals surface area contributed by atoms with Crippen LogP contribution in [0.2, 0.25) is 0 Å². The summed E-state index contributed by atoms with van der Waals surface area (Å²) in [5, 5.41) is 1.76. The van der Waals surface area contributed by atoms with Crippen molar-refractivity contribution >= 4 is 27.7 Å². The molecule has 2 N–H and O–H groups in total. The smallest absolute Gasteiger partial charge is 0.336 e. The second-order valence-corrected chi connectivity index (χ2v) is 5.89. The Bertz CT molecular complexity index is 978. The van der Waals surface area contributed by atoms with Crippen LogP contribution in [0.15, 0.2) is 25.8 Å². The van der Waals surface area contributed by atoms with Crippen molar-refractivity contribution in [2.75, 3.05) is 6.54 Å². The summed E-state index contributed by atoms with van der Waals surface area (Å²) < 4.78 is 11.2. The SMILES string of the molecule is Cc1oc2c(C)c3oc(=O)cc(C)c3cc2c1CC(=O)CCN. The molecule has 0 aliphatic rings. The van der Waals surface area contributed by atoms with Gasteiger partial charge in [-0.2, -0.15) is 0 Å². The van der Waals surface area contributed by atoms with Gasteiger partial charge in [-0.25, -0.2) is 4.79 Å². The lowest BCUT2D eigenvalue weighted by atomic mass is 9.99. The van der Waals surface area contributed by atoms with Crippen molar-refractivity contribution < 1.29 is 13.6 Å². The van der Waals surface area contributed by atoms with Crippen LogP contribution in [-0.4, -0.2) is 12.3 Å². The van der Waals surface area contributed by atoms with Gasteiger partial charge in [0, 0.05) is 40.8 Å². The minimum Gasteiger partial charge on any atom is -0.461 e. The van der Waals surface area contributed by atoms with E-state index in [2.05, 4.69) is 0 Å². The van der Waals surface area contributed by atoms with Crippen molar-refractivity contribution in [1.29, 1.82) is 0 Å². The summed E-state index contributed by atoms with van der Waals surface area (Å²) in [5.74, 6) is 0.802. The normalized spacial score (nSPS) is 11.5. The van der Waals surface area contributed by atoms with Crippen LogP contribution >= 0.6 is 0 Å². The van der Waals surface area contributed by atoms with Crippen molar-refractivity contribution in [3.63, 3.8) is 0 Å². The number of carbonyl (C=O) groups is 1. The van der Waals surface area contributed by atoms with E-state index in [0.29, 0.717) is 36.3 Å². The number of furan rings is 1. The molecule has 3 rings (SSSR count). The Labute approximate surface area is 133 Å². The highest BCUT2D eigenvalue weighted by atomic mass is 16.4. The third kappa shape index (κ3) is 2.57. The summed E-state index contributed by atoms with van der Waals surface area (Å²) >= 11 is 0. The Kier molecular flexibility index (Phi) is 3.82. The van der Waals surface area contributed by atoms with E-state index in [4.69, 9.17) is 14.6 Å². The average Bonchev–Trinajstić information content (AvgIpc) is 2.78. The third-order valence-corrected chi connectivity index (χ3v) is 4.22. The number of benzene rings is 1. The molecule has 2 aromatic heterocycles. The van der Waals surface area contributed by atoms with Crippen LogP contribution in [0.1, 0.15) is 28.9 Å². The highest BCUT2D eigenvalue weighted by Gasteiger charge is 2.19. The van der Waals surface area contributed by atoms with Crippen LogP contribution in [0.4, 0.5) is 0 Å². The molecule has 23 heavy (non-hydrogen) atoms. The molecule has 0 amide bonds. The molecule has 1 aromatic carbocycles. The molecular weight excluding hydrogens is 294 g/mol. The first-order valence-electron chi connectivity index (χ1n) is 7.60. The molecule has 5 heteroatoms. The predicted molar refractivity (Wildman–Crippen MR) is 88.8 cm³/mol. The van der Waals surface area contributed by atoms with E-state index in [1.807, 2.05) is 26.8 Å². The molecule has 120 valence electrons. The fourth-order valence-electron chi connectivity index (χ4n) is 3.02. The number of fused-ring (bicyclic) bond motifs is 2. The quantitative estimate of drug-likeness (QED) is 0.748. The number of hydrogen-bond acceptors (Lipinski definition) is 5. The topological polar surface area (TPSA) is 86.4 Å². The number of rotatable bonds is 4. The zero-order valence-electron chi connectivity index (χ0n) is 13.5. The van der Waals surface area contributed by atoms with Crippen molar-refractivity contribution in [2.45, 2.75) is 33.6 Å². The molecule has 0 unspecified atom stereocenters. The third-order valence-electron chi connectivity index (χ3n) is 4.22. The van der Waals surface area contributed by atoms with Crippen LogP contribution < -0.4 is 11.4 Å². The molecule has 0 bridgehead atoms. The van der Waals surface area contributed by atoms with Crippen LogP contribution in [0.3, 0.4) is 0 Å². The van der Waals surface area contributed by atoms with Crippen LogP contribution in [0.5, 0.6) is 0 Å². The molecule has 3 aromatic rings. The highest BCUT2D eigenvalue weighted by molar-refractivity contribution is 6.01. The first-order chi connectivity index (χ1) is 10.9. The minimum absolute atomic E-state index is 0.0902. The maximum atomic E-state index is 12.0. The summed E-state index contributed by atoms with van der Waals surface area (Å²) in [6, 6.07) is 3.41. The molecule has 0 saturated heterocycles. The number of Topliss-reactive ketones (excluding diaryl/α,β-unsaturated/α-hetero) is 1. The van der Waals surface area contributed by atoms with E-state index in [-0.39, 0.29) is 11.4 Å². The molecule has 0 saturated carbocycles. The zero-order chi connectivity index (χ0) is 16.7. The van der Waals surface area contributed by atoms with Gasteiger partial charge in [0.1, 0.15) is 22.7 Å². The Morgan fingerprint density at radius 3 is 2.48 bits per heavy atom. The standard InChI is InChI=1S/C18H19NO4/c1-9-6-16(21)23-17-10(2)18-15(8-13(9)17)14(11(3)22-18)7-12(20)4-5-19/h6,8H,4-5,7,19H2,1-3H3. The van der Waals surface area contributed by atoms with Gasteiger partial charge in [-0.05, 0) is 38.9 Å². The predicted octanol–water partition coefficient (Wildman–Crippen LogP) is 2.92. The molecule has 0 spiro atoms. The molecule has 0 aliphatic carbocycles. The lowest BCUT2D eigenvalue weighted by molar-refractivity contribution is -0.118. The molecule has 0 radical (unpaired) electrons. The van der Waals surface area contributed by atoms with E-state index < -0.39 is 0 Å². The summed E-state index contributed by atoms with van der Waals surface area (Å²) in [5.41, 5.74) is 8.79. The average molecular weight is 313 g/mol. The van der Waals surface area contributed by atoms with Gasteiger partial charge in [0.25, 0.3) is 0 Å². The maximum Gasteiger partial charge on any atom is 0.336 e. The van der Waals surface area contributed by atoms with Gasteiger partial charge in [0.05, 0.1) is 0 Å². The fraction of sp³-hybridized carbons (Fsp3) is 0.333. The van der Waals surface area contributed by atoms with Gasteiger partial charge in [0.15, 0.2) is 0 Å². The van der Waals surface area contributed by atoms with Crippen molar-refractivity contribution in [1.82, 2.24) is 0 Å². The Balaban J connectivity index is 2.30. The lowest BCUT2D eigenvalue weighted by Crippen LogP contribution is -2.10. The van der Waals surface area contributed by atoms with E-state index in [9.17, 15) is 9.59 Å². The van der Waals surface area contributed by atoms with Gasteiger partial charge < -0.3 is 14.6 Å². The zero-order valence-corrected chi connectivity index (χ0v) is 13.5. The second kappa shape index (κ2) is 5.66. The van der Waals surface area contributed by atoms with Crippen LogP contribution in [0.25, 0.3) is 21.9 Å². The summed E-state index contributed by atoms with van der Waals surface area (Å²) in [6.45, 7) is 5.93. The van der Waals surface area contributed by atoms with Gasteiger partial charge >= 0.3 is 5.63 Å². The molecular formula is C18H19NO4. The number of nitrogens with two attached hydrogens (primary N) is 1. The summed E-state index contributed by atoms with van der Waals surface area (Å²) in [7, 11) is 0. The van der Waals surface area contributed by atoms with Crippen LogP contribution in [0, 0.1) is 20.8 Å². The lowest BCUT2D eigenvalue weighted by Gasteiger charge is -2.05. The fourth-order valence-corrected chi connectivity index (χ4v) is 3.02. The van der Waals surface area contributed by atoms with Crippen molar-refractivity contribution in [3.05, 3.63) is 45.0 Å². The van der Waals surface area contributed by atoms with Crippen LogP contribution in [-0.2, 0) is 11.2 Å². The van der Waals surface area contributed by atoms with E-state index in [0.717, 1.165) is 27.5 Å². The van der Waals surface area contributed by atoms with Gasteiger partial charge in [-0.1, -0.05) is 0 Å². The highest BCUT2D eigenvalue weighted by Crippen LogP contribution is 2.34. The number of ketones is 1. The monoisotopic (exact) mass is 313 g/mol. The van der Waals surface area contributed by atoms with Gasteiger partial charge in [-0.3, -0.25) is 4.79 Å². The first kappa shape index (κ1) is 15.5. The van der Waals surface area contributed by atoms with E-state index >= 15 is 0 Å². The number of aryl methyl sites for hydroxylation is 3. The molecule has 0 atom stereocenters. The van der Waals surface area contributed by atoms with Gasteiger partial charge in [-0.15, -0.1) is 0 Å². The Morgan fingerprint density at radius 1 is 1.09 bits per heavy atom. The summed E-state index contributed by atoms with van der Waals surface area (Å²) in [4.78, 5) is 23.6. The number of carbonyl (C=O) groups excluding carboxylic acids is 1. The number of hydrogen-bond donors (Lipinski definition) is 1. The first-order valence-corrected chi connectivity index (χ1v) is 7.60. The minimum atomic E-state index is -0.376. The Morgan fingerprint density at radius 2 is 1.78 bits per heavy atom. The van der Waals surface area contributed by atoms with Crippen molar-refractivity contribution in [2.24, 2.45) is 5.73 Å². The Hall–Kier alpha value is -2.40. The van der Waals surface area contributed by atoms with Gasteiger partial charge in [0.2, 0.25) is 0 Å². The van der Waals surface area contributed by atoms with E-state index in [1.54, 1.807) is 0 Å².